The molecule has 8 nitrogen and oxygen atoms in total. The van der Waals surface area contributed by atoms with Crippen LogP contribution in [0.25, 0.3) is 0 Å². The quantitative estimate of drug-likeness (QED) is 0.216. The number of ether oxygens (including phenoxy) is 3. The van der Waals surface area contributed by atoms with Crippen LogP contribution in [-0.4, -0.2) is 31.2 Å². The Balaban J connectivity index is 1.60. The van der Waals surface area contributed by atoms with Gasteiger partial charge in [0.2, 0.25) is 0 Å². The Bertz CT molecular complexity index is 1170. The number of amides is 2. The molecule has 0 aliphatic heterocycles. The van der Waals surface area contributed by atoms with Gasteiger partial charge in [0, 0.05) is 5.69 Å². The fourth-order valence-corrected chi connectivity index (χ4v) is 3.57. The third-order valence-electron chi connectivity index (χ3n) is 4.57. The molecule has 0 saturated heterocycles. The first kappa shape index (κ1) is 25.8. The third kappa shape index (κ3) is 7.86. The number of hydrazone groups is 1. The number of benzene rings is 3. The Morgan fingerprint density at radius 1 is 0.914 bits per heavy atom. The van der Waals surface area contributed by atoms with Crippen molar-refractivity contribution >= 4 is 39.6 Å². The summed E-state index contributed by atoms with van der Waals surface area (Å²) in [5.41, 5.74) is 4.35. The maximum atomic E-state index is 12.1. The Morgan fingerprint density at radius 2 is 1.63 bits per heavy atom. The highest BCUT2D eigenvalue weighted by Gasteiger charge is 2.14. The van der Waals surface area contributed by atoms with Gasteiger partial charge in [-0.25, -0.2) is 5.43 Å². The zero-order chi connectivity index (χ0) is 25.0. The van der Waals surface area contributed by atoms with E-state index in [9.17, 15) is 9.59 Å². The van der Waals surface area contributed by atoms with Crippen molar-refractivity contribution in [3.8, 4) is 17.2 Å². The summed E-state index contributed by atoms with van der Waals surface area (Å²) in [5.74, 6) is 0.0215. The lowest BCUT2D eigenvalue weighted by atomic mass is 10.2. The summed E-state index contributed by atoms with van der Waals surface area (Å²) in [5, 5.41) is 6.39. The average molecular weight is 540 g/mol. The number of anilines is 1. The Kier molecular flexibility index (Phi) is 9.68. The molecule has 0 aliphatic carbocycles. The van der Waals surface area contributed by atoms with Gasteiger partial charge >= 0.3 is 11.8 Å². The molecular formula is C26H26BrN3O5. The van der Waals surface area contributed by atoms with Crippen molar-refractivity contribution in [3.63, 3.8) is 0 Å². The Morgan fingerprint density at radius 3 is 2.31 bits per heavy atom. The van der Waals surface area contributed by atoms with Crippen molar-refractivity contribution in [2.24, 2.45) is 5.10 Å². The molecule has 0 atom stereocenters. The molecule has 3 rings (SSSR count). The van der Waals surface area contributed by atoms with E-state index in [0.29, 0.717) is 52.8 Å². The number of hydrogen-bond acceptors (Lipinski definition) is 6. The summed E-state index contributed by atoms with van der Waals surface area (Å²) >= 11 is 3.51. The Hall–Kier alpha value is -3.85. The molecule has 35 heavy (non-hydrogen) atoms. The van der Waals surface area contributed by atoms with Gasteiger partial charge in [0.25, 0.3) is 0 Å². The average Bonchev–Trinajstić information content (AvgIpc) is 2.85. The highest BCUT2D eigenvalue weighted by atomic mass is 79.9. The van der Waals surface area contributed by atoms with Crippen molar-refractivity contribution in [2.45, 2.75) is 20.5 Å². The van der Waals surface area contributed by atoms with Gasteiger partial charge in [-0.05, 0) is 77.3 Å². The van der Waals surface area contributed by atoms with Gasteiger partial charge in [-0.1, -0.05) is 30.3 Å². The zero-order valence-corrected chi connectivity index (χ0v) is 21.0. The second-order valence-corrected chi connectivity index (χ2v) is 8.00. The van der Waals surface area contributed by atoms with Crippen LogP contribution in [0.2, 0.25) is 0 Å². The summed E-state index contributed by atoms with van der Waals surface area (Å²) in [6.07, 6.45) is 1.41. The lowest BCUT2D eigenvalue weighted by Crippen LogP contribution is -2.32. The van der Waals surface area contributed by atoms with E-state index in [1.54, 1.807) is 36.4 Å². The maximum absolute atomic E-state index is 12.1. The fourth-order valence-electron chi connectivity index (χ4n) is 3.00. The predicted octanol–water partition coefficient (Wildman–Crippen LogP) is 4.91. The van der Waals surface area contributed by atoms with Crippen molar-refractivity contribution in [1.29, 1.82) is 0 Å². The number of rotatable bonds is 10. The van der Waals surface area contributed by atoms with Crippen molar-refractivity contribution in [2.75, 3.05) is 18.5 Å². The number of nitrogens with zero attached hydrogens (tertiary/aromatic N) is 1. The van der Waals surface area contributed by atoms with E-state index in [-0.39, 0.29) is 0 Å². The van der Waals surface area contributed by atoms with E-state index in [0.717, 1.165) is 5.56 Å². The van der Waals surface area contributed by atoms with Crippen LogP contribution in [0.1, 0.15) is 25.0 Å². The van der Waals surface area contributed by atoms with Crippen LogP contribution < -0.4 is 25.0 Å². The lowest BCUT2D eigenvalue weighted by Gasteiger charge is -2.14. The molecule has 2 amide bonds. The molecule has 0 radical (unpaired) electrons. The number of nitrogens with one attached hydrogen (secondary N) is 2. The molecule has 9 heteroatoms. The summed E-state index contributed by atoms with van der Waals surface area (Å²) in [6.45, 7) is 5.12. The molecule has 0 bridgehead atoms. The van der Waals surface area contributed by atoms with Crippen molar-refractivity contribution < 1.29 is 23.8 Å². The summed E-state index contributed by atoms with van der Waals surface area (Å²) in [6, 6.07) is 20.0. The van der Waals surface area contributed by atoms with E-state index in [2.05, 4.69) is 31.8 Å². The van der Waals surface area contributed by atoms with Crippen LogP contribution in [0.4, 0.5) is 5.69 Å². The highest BCUT2D eigenvalue weighted by Crippen LogP contribution is 2.37. The molecule has 0 spiro atoms. The highest BCUT2D eigenvalue weighted by molar-refractivity contribution is 9.10. The molecular weight excluding hydrogens is 514 g/mol. The van der Waals surface area contributed by atoms with Crippen LogP contribution in [0.15, 0.2) is 76.3 Å². The monoisotopic (exact) mass is 539 g/mol. The molecule has 3 aromatic carbocycles. The first-order valence-corrected chi connectivity index (χ1v) is 11.8. The molecule has 0 fully saturated rings. The molecule has 2 N–H and O–H groups in total. The van der Waals surface area contributed by atoms with Crippen LogP contribution in [0.5, 0.6) is 17.2 Å². The number of halogens is 1. The largest absolute Gasteiger partial charge is 0.494 e. The molecule has 3 aromatic rings. The fraction of sp³-hybridized carbons (Fsp3) is 0.192. The standard InChI is InChI=1S/C26H26BrN3O5/c1-3-33-21-12-10-20(11-13-21)29-25(31)26(32)30-28-16-19-14-22(27)24(23(15-19)34-4-2)35-17-18-8-6-5-7-9-18/h5-16H,3-4,17H2,1-2H3,(H,29,31)(H,30,32)/b28-16+. The second-order valence-electron chi connectivity index (χ2n) is 7.15. The van der Waals surface area contributed by atoms with E-state index in [4.69, 9.17) is 14.2 Å². The number of carbonyl (C=O) groups is 2. The van der Waals surface area contributed by atoms with Gasteiger partial charge in [-0.2, -0.15) is 5.10 Å². The smallest absolute Gasteiger partial charge is 0.329 e. The minimum absolute atomic E-state index is 0.381. The van der Waals surface area contributed by atoms with E-state index in [1.165, 1.54) is 6.21 Å². The molecule has 182 valence electrons. The van der Waals surface area contributed by atoms with E-state index >= 15 is 0 Å². The van der Waals surface area contributed by atoms with Gasteiger partial charge < -0.3 is 19.5 Å². The number of hydrogen-bond donors (Lipinski definition) is 2. The van der Waals surface area contributed by atoms with Crippen molar-refractivity contribution in [3.05, 3.63) is 82.3 Å². The van der Waals surface area contributed by atoms with E-state index < -0.39 is 11.8 Å². The van der Waals surface area contributed by atoms with Crippen LogP contribution in [-0.2, 0) is 16.2 Å². The summed E-state index contributed by atoms with van der Waals surface area (Å²) < 4.78 is 17.7. The van der Waals surface area contributed by atoms with Gasteiger partial charge in [-0.15, -0.1) is 0 Å². The molecule has 0 unspecified atom stereocenters. The first-order chi connectivity index (χ1) is 17.0. The van der Waals surface area contributed by atoms with E-state index in [1.807, 2.05) is 44.2 Å². The SMILES string of the molecule is CCOc1ccc(NC(=O)C(=O)N/N=C/c2cc(Br)c(OCc3ccccc3)c(OCC)c2)cc1. The van der Waals surface area contributed by atoms with Crippen LogP contribution in [0, 0.1) is 0 Å². The topological polar surface area (TPSA) is 98.2 Å². The normalized spacial score (nSPS) is 10.6. The summed E-state index contributed by atoms with van der Waals surface area (Å²) in [7, 11) is 0. The van der Waals surface area contributed by atoms with Gasteiger partial charge in [0.15, 0.2) is 11.5 Å². The predicted molar refractivity (Wildman–Crippen MR) is 138 cm³/mol. The maximum Gasteiger partial charge on any atom is 0.329 e. The molecule has 0 saturated carbocycles. The van der Waals surface area contributed by atoms with Crippen molar-refractivity contribution in [1.82, 2.24) is 5.43 Å². The summed E-state index contributed by atoms with van der Waals surface area (Å²) in [4.78, 5) is 24.2. The number of carbonyl (C=O) groups excluding carboxylic acids is 2. The minimum Gasteiger partial charge on any atom is -0.494 e. The molecule has 0 aliphatic rings. The third-order valence-corrected chi connectivity index (χ3v) is 5.16. The first-order valence-electron chi connectivity index (χ1n) is 11.0. The van der Waals surface area contributed by atoms with Crippen LogP contribution >= 0.6 is 15.9 Å². The Labute approximate surface area is 212 Å². The lowest BCUT2D eigenvalue weighted by molar-refractivity contribution is -0.136. The van der Waals surface area contributed by atoms with Gasteiger partial charge in [-0.3, -0.25) is 9.59 Å². The zero-order valence-electron chi connectivity index (χ0n) is 19.4. The second kappa shape index (κ2) is 13.1. The van der Waals surface area contributed by atoms with Gasteiger partial charge in [0.1, 0.15) is 12.4 Å². The van der Waals surface area contributed by atoms with Gasteiger partial charge in [0.05, 0.1) is 23.9 Å². The van der Waals surface area contributed by atoms with Crippen LogP contribution in [0.3, 0.4) is 0 Å². The molecule has 0 aromatic heterocycles. The minimum atomic E-state index is -0.901. The molecule has 0 heterocycles.